The largest absolute Gasteiger partial charge is 0.465 e. The van der Waals surface area contributed by atoms with Crippen LogP contribution < -0.4 is 0 Å². The van der Waals surface area contributed by atoms with Crippen molar-refractivity contribution < 1.29 is 18.7 Å². The Hall–Kier alpha value is -3.51. The first-order valence-corrected chi connectivity index (χ1v) is 10.6. The Morgan fingerprint density at radius 3 is 1.94 bits per heavy atom. The Labute approximate surface area is 187 Å². The third-order valence-electron chi connectivity index (χ3n) is 5.82. The van der Waals surface area contributed by atoms with Gasteiger partial charge in [0.15, 0.2) is 0 Å². The van der Waals surface area contributed by atoms with Crippen LogP contribution in [0.4, 0.5) is 4.39 Å². The first-order chi connectivity index (χ1) is 15.6. The Balaban J connectivity index is 1.47. The van der Waals surface area contributed by atoms with Crippen LogP contribution >= 0.6 is 0 Å². The molecule has 1 amide bonds. The fraction of sp³-hybridized carbons (Fsp3) is 0.231. The first kappa shape index (κ1) is 21.7. The predicted molar refractivity (Wildman–Crippen MR) is 120 cm³/mol. The molecule has 3 aromatic rings. The van der Waals surface area contributed by atoms with Gasteiger partial charge < -0.3 is 9.64 Å². The molecule has 6 heteroatoms. The van der Waals surface area contributed by atoms with E-state index in [1.165, 1.54) is 19.2 Å². The maximum Gasteiger partial charge on any atom is 0.337 e. The number of piperazine rings is 1. The van der Waals surface area contributed by atoms with E-state index in [-0.39, 0.29) is 17.8 Å². The van der Waals surface area contributed by atoms with Crippen LogP contribution in [0.25, 0.3) is 0 Å². The molecular weight excluding hydrogens is 407 g/mol. The maximum absolute atomic E-state index is 13.5. The number of benzene rings is 3. The normalized spacial score (nSPS) is 15.2. The van der Waals surface area contributed by atoms with Crippen molar-refractivity contribution in [3.05, 3.63) is 107 Å². The molecule has 32 heavy (non-hydrogen) atoms. The van der Waals surface area contributed by atoms with E-state index < -0.39 is 5.97 Å². The number of rotatable bonds is 5. The van der Waals surface area contributed by atoms with Crippen molar-refractivity contribution in [2.45, 2.75) is 6.04 Å². The van der Waals surface area contributed by atoms with Gasteiger partial charge in [-0.15, -0.1) is 0 Å². The maximum atomic E-state index is 13.5. The summed E-state index contributed by atoms with van der Waals surface area (Å²) in [5.74, 6) is -0.737. The van der Waals surface area contributed by atoms with Crippen molar-refractivity contribution in [2.75, 3.05) is 33.3 Å². The van der Waals surface area contributed by atoms with E-state index in [2.05, 4.69) is 17.0 Å². The highest BCUT2D eigenvalue weighted by Crippen LogP contribution is 2.30. The number of hydrogen-bond acceptors (Lipinski definition) is 4. The first-order valence-electron chi connectivity index (χ1n) is 10.6. The van der Waals surface area contributed by atoms with E-state index in [0.717, 1.165) is 11.1 Å². The minimum absolute atomic E-state index is 0.00612. The van der Waals surface area contributed by atoms with E-state index in [4.69, 9.17) is 4.74 Å². The molecule has 0 aromatic heterocycles. The van der Waals surface area contributed by atoms with E-state index >= 15 is 0 Å². The van der Waals surface area contributed by atoms with Crippen LogP contribution in [0.1, 0.15) is 37.9 Å². The van der Waals surface area contributed by atoms with Crippen LogP contribution in [0.15, 0.2) is 78.9 Å². The van der Waals surface area contributed by atoms with Gasteiger partial charge in [-0.05, 0) is 47.5 Å². The second-order valence-electron chi connectivity index (χ2n) is 7.76. The highest BCUT2D eigenvalue weighted by Gasteiger charge is 2.28. The Bertz CT molecular complexity index is 1060. The van der Waals surface area contributed by atoms with Crippen LogP contribution in [0.3, 0.4) is 0 Å². The second kappa shape index (κ2) is 9.75. The van der Waals surface area contributed by atoms with Crippen LogP contribution in [0.5, 0.6) is 0 Å². The Kier molecular flexibility index (Phi) is 6.61. The fourth-order valence-corrected chi connectivity index (χ4v) is 4.13. The van der Waals surface area contributed by atoms with E-state index in [1.807, 2.05) is 35.2 Å². The summed E-state index contributed by atoms with van der Waals surface area (Å²) in [5, 5.41) is 0. The molecule has 0 spiro atoms. The summed E-state index contributed by atoms with van der Waals surface area (Å²) in [6, 6.07) is 23.3. The van der Waals surface area contributed by atoms with Crippen LogP contribution in [-0.4, -0.2) is 55.0 Å². The van der Waals surface area contributed by atoms with E-state index in [9.17, 15) is 14.0 Å². The number of carbonyl (C=O) groups is 2. The molecule has 1 atom stereocenters. The highest BCUT2D eigenvalue weighted by atomic mass is 19.1. The molecule has 5 nitrogen and oxygen atoms in total. The zero-order valence-electron chi connectivity index (χ0n) is 17.9. The summed E-state index contributed by atoms with van der Waals surface area (Å²) >= 11 is 0. The number of ether oxygens (including phenoxy) is 1. The zero-order valence-corrected chi connectivity index (χ0v) is 17.9. The summed E-state index contributed by atoms with van der Waals surface area (Å²) in [6.45, 7) is 2.57. The number of halogens is 1. The number of nitrogens with zero attached hydrogens (tertiary/aromatic N) is 2. The monoisotopic (exact) mass is 432 g/mol. The van der Waals surface area contributed by atoms with Crippen molar-refractivity contribution in [3.63, 3.8) is 0 Å². The van der Waals surface area contributed by atoms with Gasteiger partial charge in [0.05, 0.1) is 18.7 Å². The number of esters is 1. The van der Waals surface area contributed by atoms with Crippen molar-refractivity contribution >= 4 is 11.9 Å². The number of carbonyl (C=O) groups excluding carboxylic acids is 2. The second-order valence-corrected chi connectivity index (χ2v) is 7.76. The molecule has 0 N–H and O–H groups in total. The molecule has 4 rings (SSSR count). The molecule has 3 aromatic carbocycles. The summed E-state index contributed by atoms with van der Waals surface area (Å²) in [5.41, 5.74) is 3.12. The average molecular weight is 432 g/mol. The number of amides is 1. The van der Waals surface area contributed by atoms with E-state index in [1.54, 1.807) is 24.3 Å². The average Bonchev–Trinajstić information content (AvgIpc) is 2.85. The van der Waals surface area contributed by atoms with Gasteiger partial charge in [-0.2, -0.15) is 0 Å². The molecule has 0 bridgehead atoms. The molecule has 0 unspecified atom stereocenters. The highest BCUT2D eigenvalue weighted by molar-refractivity contribution is 5.96. The van der Waals surface area contributed by atoms with Gasteiger partial charge in [0.1, 0.15) is 5.82 Å². The third kappa shape index (κ3) is 4.70. The fourth-order valence-electron chi connectivity index (χ4n) is 4.13. The zero-order chi connectivity index (χ0) is 22.5. The summed E-state index contributed by atoms with van der Waals surface area (Å²) < 4.78 is 18.2. The van der Waals surface area contributed by atoms with Gasteiger partial charge in [0, 0.05) is 31.7 Å². The molecule has 1 fully saturated rings. The minimum Gasteiger partial charge on any atom is -0.465 e. The lowest BCUT2D eigenvalue weighted by Crippen LogP contribution is -2.49. The molecule has 1 aliphatic heterocycles. The van der Waals surface area contributed by atoms with Crippen LogP contribution in [0, 0.1) is 5.82 Å². The lowest BCUT2D eigenvalue weighted by Gasteiger charge is -2.39. The van der Waals surface area contributed by atoms with Crippen molar-refractivity contribution in [1.82, 2.24) is 9.80 Å². The number of hydrogen-bond donors (Lipinski definition) is 0. The topological polar surface area (TPSA) is 49.9 Å². The smallest absolute Gasteiger partial charge is 0.337 e. The van der Waals surface area contributed by atoms with Gasteiger partial charge in [-0.25, -0.2) is 9.18 Å². The quantitative estimate of drug-likeness (QED) is 0.568. The van der Waals surface area contributed by atoms with Gasteiger partial charge in [-0.1, -0.05) is 42.5 Å². The summed E-state index contributed by atoms with van der Waals surface area (Å²) in [4.78, 5) is 28.7. The third-order valence-corrected chi connectivity index (χ3v) is 5.82. The molecule has 0 aliphatic carbocycles. The van der Waals surface area contributed by atoms with Gasteiger partial charge in [-0.3, -0.25) is 9.69 Å². The van der Waals surface area contributed by atoms with Gasteiger partial charge in [0.25, 0.3) is 5.91 Å². The predicted octanol–water partition coefficient (Wildman–Crippen LogP) is 4.16. The lowest BCUT2D eigenvalue weighted by molar-refractivity contribution is 0.0587. The molecule has 1 aliphatic rings. The number of methoxy groups -OCH3 is 1. The van der Waals surface area contributed by atoms with Crippen LogP contribution in [-0.2, 0) is 4.74 Å². The molecule has 0 saturated carbocycles. The van der Waals surface area contributed by atoms with Gasteiger partial charge in [0.2, 0.25) is 0 Å². The lowest BCUT2D eigenvalue weighted by atomic mass is 9.96. The van der Waals surface area contributed by atoms with Crippen molar-refractivity contribution in [3.8, 4) is 0 Å². The molecule has 1 saturated heterocycles. The summed E-state index contributed by atoms with van der Waals surface area (Å²) in [7, 11) is 1.33. The Morgan fingerprint density at radius 1 is 0.781 bits per heavy atom. The standard InChI is InChI=1S/C26H25FN2O3/c1-32-26(31)22-9-7-21(8-10-22)25(30)29-17-15-28(16-18-29)24(19-5-3-2-4-6-19)20-11-13-23(27)14-12-20/h2-14,24H,15-18H2,1H3/t24-/m1/s1. The SMILES string of the molecule is COC(=O)c1ccc(C(=O)N2CCN([C@H](c3ccccc3)c3ccc(F)cc3)CC2)cc1. The van der Waals surface area contributed by atoms with Crippen molar-refractivity contribution in [2.24, 2.45) is 0 Å². The summed E-state index contributed by atoms with van der Waals surface area (Å²) in [6.07, 6.45) is 0. The molecule has 0 radical (unpaired) electrons. The Morgan fingerprint density at radius 2 is 1.34 bits per heavy atom. The van der Waals surface area contributed by atoms with Crippen molar-refractivity contribution in [1.29, 1.82) is 0 Å². The van der Waals surface area contributed by atoms with E-state index in [0.29, 0.717) is 37.3 Å². The van der Waals surface area contributed by atoms with Gasteiger partial charge >= 0.3 is 5.97 Å². The molecule has 1 heterocycles. The molecule has 164 valence electrons. The minimum atomic E-state index is -0.426. The van der Waals surface area contributed by atoms with Crippen LogP contribution in [0.2, 0.25) is 0 Å². The molecular formula is C26H25FN2O3.